The number of hydrogen-bond donors (Lipinski definition) is 0. The quantitative estimate of drug-likeness (QED) is 0.287. The van der Waals surface area contributed by atoms with Crippen molar-refractivity contribution in [2.75, 3.05) is 0 Å². The van der Waals surface area contributed by atoms with Crippen molar-refractivity contribution in [3.63, 3.8) is 0 Å². The number of benzene rings is 2. The van der Waals surface area contributed by atoms with Gasteiger partial charge in [0.2, 0.25) is 0 Å². The lowest BCUT2D eigenvalue weighted by atomic mass is 9.75. The molecule has 0 saturated heterocycles. The largest absolute Gasteiger partial charge is 0.0873 e. The molecule has 33 heavy (non-hydrogen) atoms. The smallest absolute Gasteiger partial charge is 0.0284 e. The molecule has 2 aromatic carbocycles. The molecule has 0 saturated carbocycles. The lowest BCUT2D eigenvalue weighted by Gasteiger charge is -2.28. The Morgan fingerprint density at radius 1 is 0.667 bits per heavy atom. The molecular weight excluding hydrogens is 396 g/mol. The highest BCUT2D eigenvalue weighted by molar-refractivity contribution is 5.82. The maximum absolute atomic E-state index is 2.60. The van der Waals surface area contributed by atoms with E-state index in [1.54, 1.807) is 22.3 Å². The van der Waals surface area contributed by atoms with E-state index >= 15 is 0 Å². The van der Waals surface area contributed by atoms with Gasteiger partial charge in [-0.2, -0.15) is 0 Å². The van der Waals surface area contributed by atoms with Crippen LogP contribution in [0.3, 0.4) is 0 Å². The highest BCUT2D eigenvalue weighted by Gasteiger charge is 2.43. The molecule has 0 bridgehead atoms. The van der Waals surface area contributed by atoms with Crippen molar-refractivity contribution in [3.8, 4) is 11.1 Å². The normalized spacial score (nSPS) is 17.3. The van der Waals surface area contributed by atoms with Crippen LogP contribution < -0.4 is 0 Å². The molecule has 2 unspecified atom stereocenters. The summed E-state index contributed by atoms with van der Waals surface area (Å²) >= 11 is 0. The molecule has 2 aliphatic carbocycles. The number of rotatable bonds is 12. The second-order valence-electron chi connectivity index (χ2n) is 11.0. The molecule has 0 nitrogen and oxygen atoms in total. The van der Waals surface area contributed by atoms with E-state index in [2.05, 4.69) is 76.2 Å². The molecule has 0 heteroatoms. The van der Waals surface area contributed by atoms with Crippen LogP contribution in [0.4, 0.5) is 0 Å². The molecular formula is C33H46. The molecule has 2 atom stereocenters. The van der Waals surface area contributed by atoms with Crippen molar-refractivity contribution in [2.24, 2.45) is 11.8 Å². The summed E-state index contributed by atoms with van der Waals surface area (Å²) in [6.07, 6.45) is 20.4. The molecule has 0 fully saturated rings. The van der Waals surface area contributed by atoms with Crippen LogP contribution in [-0.4, -0.2) is 0 Å². The molecule has 0 radical (unpaired) electrons. The van der Waals surface area contributed by atoms with Crippen molar-refractivity contribution in [3.05, 3.63) is 70.8 Å². The SMILES string of the molecule is CCCCC(CC)Cc1ccc2c(c1)C1(CC=CC1)c1cc(CC(CC)CCCC)ccc1-2. The summed E-state index contributed by atoms with van der Waals surface area (Å²) in [5.41, 5.74) is 9.53. The highest BCUT2D eigenvalue weighted by Crippen LogP contribution is 2.55. The van der Waals surface area contributed by atoms with Crippen LogP contribution in [0.15, 0.2) is 48.6 Å². The van der Waals surface area contributed by atoms with Crippen molar-refractivity contribution in [1.29, 1.82) is 0 Å². The first-order valence-corrected chi connectivity index (χ1v) is 14.1. The average molecular weight is 443 g/mol. The molecule has 1 spiro atoms. The molecule has 0 aliphatic heterocycles. The second-order valence-corrected chi connectivity index (χ2v) is 11.0. The maximum atomic E-state index is 2.60. The first-order valence-electron chi connectivity index (χ1n) is 14.1. The zero-order chi connectivity index (χ0) is 23.3. The molecule has 178 valence electrons. The second kappa shape index (κ2) is 11.1. The molecule has 0 N–H and O–H groups in total. The van der Waals surface area contributed by atoms with Gasteiger partial charge < -0.3 is 0 Å². The third-order valence-electron chi connectivity index (χ3n) is 8.72. The number of fused-ring (bicyclic) bond motifs is 5. The van der Waals surface area contributed by atoms with Crippen molar-refractivity contribution in [2.45, 2.75) is 110 Å². The van der Waals surface area contributed by atoms with Gasteiger partial charge in [-0.25, -0.2) is 0 Å². The summed E-state index contributed by atoms with van der Waals surface area (Å²) in [6.45, 7) is 9.38. The highest BCUT2D eigenvalue weighted by atomic mass is 14.5. The molecule has 0 aromatic heterocycles. The third-order valence-corrected chi connectivity index (χ3v) is 8.72. The Morgan fingerprint density at radius 2 is 1.12 bits per heavy atom. The van der Waals surface area contributed by atoms with Gasteiger partial charge in [-0.3, -0.25) is 0 Å². The molecule has 2 aromatic rings. The Morgan fingerprint density at radius 3 is 1.52 bits per heavy atom. The van der Waals surface area contributed by atoms with Crippen molar-refractivity contribution >= 4 is 0 Å². The molecule has 4 rings (SSSR count). The Balaban J connectivity index is 1.63. The third kappa shape index (κ3) is 5.01. The molecule has 0 amide bonds. The van der Waals surface area contributed by atoms with Gasteiger partial charge in [0.1, 0.15) is 0 Å². The summed E-state index contributed by atoms with van der Waals surface area (Å²) in [7, 11) is 0. The fraction of sp³-hybridized carbons (Fsp3) is 0.576. The Labute approximate surface area is 203 Å². The summed E-state index contributed by atoms with van der Waals surface area (Å²) < 4.78 is 0. The lowest BCUT2D eigenvalue weighted by molar-refractivity contribution is 0.448. The Hall–Kier alpha value is -1.82. The first-order chi connectivity index (χ1) is 16.1. The molecule has 0 heterocycles. The van der Waals surface area contributed by atoms with E-state index in [1.807, 2.05) is 0 Å². The summed E-state index contributed by atoms with van der Waals surface area (Å²) in [5.74, 6) is 1.65. The number of hydrogen-bond acceptors (Lipinski definition) is 0. The predicted octanol–water partition coefficient (Wildman–Crippen LogP) is 9.82. The van der Waals surface area contributed by atoms with Crippen LogP contribution in [0.5, 0.6) is 0 Å². The zero-order valence-electron chi connectivity index (χ0n) is 21.8. The van der Waals surface area contributed by atoms with Crippen molar-refractivity contribution < 1.29 is 0 Å². The van der Waals surface area contributed by atoms with E-state index in [1.165, 1.54) is 88.2 Å². The van der Waals surface area contributed by atoms with Gasteiger partial charge in [-0.15, -0.1) is 0 Å². The first kappa shape index (κ1) is 24.3. The summed E-state index contributed by atoms with van der Waals surface area (Å²) in [6, 6.07) is 15.0. The minimum Gasteiger partial charge on any atom is -0.0873 e. The van der Waals surface area contributed by atoms with E-state index in [4.69, 9.17) is 0 Å². The van der Waals surface area contributed by atoms with E-state index in [0.717, 1.165) is 11.8 Å². The number of unbranched alkanes of at least 4 members (excludes halogenated alkanes) is 2. The van der Waals surface area contributed by atoms with E-state index in [9.17, 15) is 0 Å². The van der Waals surface area contributed by atoms with Gasteiger partial charge in [-0.1, -0.05) is 128 Å². The van der Waals surface area contributed by atoms with Crippen LogP contribution in [0, 0.1) is 11.8 Å². The monoisotopic (exact) mass is 442 g/mol. The van der Waals surface area contributed by atoms with E-state index in [0.29, 0.717) is 0 Å². The van der Waals surface area contributed by atoms with Gasteiger partial charge in [-0.05, 0) is 70.9 Å². The Bertz CT molecular complexity index is 869. The fourth-order valence-corrected chi connectivity index (χ4v) is 6.49. The van der Waals surface area contributed by atoms with Gasteiger partial charge in [0, 0.05) is 5.41 Å². The Kier molecular flexibility index (Phi) is 8.15. The predicted molar refractivity (Wildman–Crippen MR) is 145 cm³/mol. The minimum atomic E-state index is 0.187. The van der Waals surface area contributed by atoms with Crippen LogP contribution in [-0.2, 0) is 18.3 Å². The van der Waals surface area contributed by atoms with Gasteiger partial charge in [0.05, 0.1) is 0 Å². The standard InChI is InChI=1S/C33H46/c1-5-9-13-25(7-3)21-27-15-17-29-30-18-16-28(22-26(8-4)14-10-6-2)24-32(30)33(31(29)23-27)19-11-12-20-33/h11-12,15-18,23-26H,5-10,13-14,19-22H2,1-4H3. The van der Waals surface area contributed by atoms with Gasteiger partial charge in [0.15, 0.2) is 0 Å². The van der Waals surface area contributed by atoms with Crippen LogP contribution >= 0.6 is 0 Å². The molecule has 2 aliphatic rings. The summed E-state index contributed by atoms with van der Waals surface area (Å²) in [4.78, 5) is 0. The van der Waals surface area contributed by atoms with Gasteiger partial charge in [0.25, 0.3) is 0 Å². The topological polar surface area (TPSA) is 0 Å². The zero-order valence-corrected chi connectivity index (χ0v) is 21.8. The van der Waals surface area contributed by atoms with E-state index in [-0.39, 0.29) is 5.41 Å². The van der Waals surface area contributed by atoms with Crippen LogP contribution in [0.1, 0.15) is 114 Å². The van der Waals surface area contributed by atoms with Crippen LogP contribution in [0.2, 0.25) is 0 Å². The van der Waals surface area contributed by atoms with Crippen LogP contribution in [0.25, 0.3) is 11.1 Å². The maximum Gasteiger partial charge on any atom is 0.0284 e. The van der Waals surface area contributed by atoms with Crippen molar-refractivity contribution in [1.82, 2.24) is 0 Å². The number of allylic oxidation sites excluding steroid dienone is 2. The lowest BCUT2D eigenvalue weighted by Crippen LogP contribution is -2.21. The van der Waals surface area contributed by atoms with E-state index < -0.39 is 0 Å². The van der Waals surface area contributed by atoms with Gasteiger partial charge >= 0.3 is 0 Å². The average Bonchev–Trinajstić information content (AvgIpc) is 3.44. The minimum absolute atomic E-state index is 0.187. The summed E-state index contributed by atoms with van der Waals surface area (Å²) in [5, 5.41) is 0. The fourth-order valence-electron chi connectivity index (χ4n) is 6.49.